The first-order chi connectivity index (χ1) is 15.7. The molecule has 0 saturated heterocycles. The van der Waals surface area contributed by atoms with Crippen molar-refractivity contribution in [2.45, 2.75) is 56.8 Å². The van der Waals surface area contributed by atoms with Gasteiger partial charge in [0.25, 0.3) is 5.91 Å². The van der Waals surface area contributed by atoms with E-state index in [0.29, 0.717) is 5.56 Å². The van der Waals surface area contributed by atoms with Crippen LogP contribution >= 0.6 is 0 Å². The van der Waals surface area contributed by atoms with Crippen LogP contribution in [-0.2, 0) is 26.2 Å². The van der Waals surface area contributed by atoms with E-state index in [9.17, 15) is 31.2 Å². The van der Waals surface area contributed by atoms with E-state index in [1.807, 2.05) is 0 Å². The number of alkyl halides is 3. The van der Waals surface area contributed by atoms with Gasteiger partial charge in [-0.05, 0) is 43.0 Å². The summed E-state index contributed by atoms with van der Waals surface area (Å²) in [5.74, 6) is -2.32. The van der Waals surface area contributed by atoms with Crippen LogP contribution in [0.5, 0.6) is 0 Å². The number of allylic oxidation sites excluding steroid dienone is 1. The molecule has 11 heteroatoms. The van der Waals surface area contributed by atoms with E-state index in [-0.39, 0.29) is 30.8 Å². The highest BCUT2D eigenvalue weighted by atomic mass is 32.2. The van der Waals surface area contributed by atoms with Gasteiger partial charge in [-0.15, -0.1) is 0 Å². The first kappa shape index (κ1) is 24.2. The molecule has 0 fully saturated rings. The number of benzene rings is 1. The van der Waals surface area contributed by atoms with E-state index in [2.05, 4.69) is 0 Å². The van der Waals surface area contributed by atoms with Crippen LogP contribution in [0.4, 0.5) is 13.2 Å². The number of nitrogens with one attached hydrogen (secondary N) is 1. The fraction of sp³-hybridized carbons (Fsp3) is 0.391. The van der Waals surface area contributed by atoms with Crippen LogP contribution in [0.3, 0.4) is 0 Å². The van der Waals surface area contributed by atoms with Gasteiger partial charge in [0, 0.05) is 12.1 Å². The average Bonchev–Trinajstić information content (AvgIpc) is 3.28. The Morgan fingerprint density at radius 1 is 1.09 bits per heavy atom. The third kappa shape index (κ3) is 3.86. The van der Waals surface area contributed by atoms with Crippen LogP contribution in [0, 0.1) is 12.3 Å². The zero-order valence-electron chi connectivity index (χ0n) is 18.7. The van der Waals surface area contributed by atoms with Crippen molar-refractivity contribution in [3.8, 4) is 0 Å². The molecule has 4 rings (SSSR count). The van der Waals surface area contributed by atoms with Gasteiger partial charge in [0.2, 0.25) is 15.6 Å². The van der Waals surface area contributed by atoms with E-state index in [1.165, 1.54) is 30.5 Å². The molecule has 1 N–H and O–H groups in total. The molecule has 1 aliphatic carbocycles. The minimum Gasteiger partial charge on any atom is -0.467 e. The van der Waals surface area contributed by atoms with Gasteiger partial charge < -0.3 is 9.32 Å². The third-order valence-corrected chi connectivity index (χ3v) is 7.52. The van der Waals surface area contributed by atoms with Gasteiger partial charge in [-0.2, -0.15) is 17.9 Å². The smallest absolute Gasteiger partial charge is 0.421 e. The second-order valence-corrected chi connectivity index (χ2v) is 11.1. The van der Waals surface area contributed by atoms with Crippen LogP contribution in [0.2, 0.25) is 0 Å². The Kier molecular flexibility index (Phi) is 5.56. The van der Waals surface area contributed by atoms with Crippen LogP contribution in [0.1, 0.15) is 38.0 Å². The lowest BCUT2D eigenvalue weighted by molar-refractivity contribution is -0.189. The maximum atomic E-state index is 14.8. The molecule has 7 nitrogen and oxygen atoms in total. The zero-order valence-corrected chi connectivity index (χ0v) is 19.5. The number of ketones is 1. The Morgan fingerprint density at radius 3 is 2.29 bits per heavy atom. The van der Waals surface area contributed by atoms with Gasteiger partial charge in [0.05, 0.1) is 23.3 Å². The van der Waals surface area contributed by atoms with E-state index in [1.54, 1.807) is 25.5 Å². The number of carbonyl (C=O) groups is 2. The summed E-state index contributed by atoms with van der Waals surface area (Å²) in [6, 6.07) is 8.12. The summed E-state index contributed by atoms with van der Waals surface area (Å²) < 4.78 is 77.4. The second kappa shape index (κ2) is 7.81. The quantitative estimate of drug-likeness (QED) is 0.678. The van der Waals surface area contributed by atoms with Crippen molar-refractivity contribution in [2.75, 3.05) is 0 Å². The number of amides is 1. The normalized spacial score (nSPS) is 22.9. The molecule has 2 aliphatic rings. The van der Waals surface area contributed by atoms with Gasteiger partial charge in [0.15, 0.2) is 5.78 Å². The van der Waals surface area contributed by atoms with E-state index < -0.39 is 49.3 Å². The number of nitrogens with zero attached hydrogens (tertiary/aromatic N) is 1. The summed E-state index contributed by atoms with van der Waals surface area (Å²) in [5, 5.41) is 0. The molecule has 1 aliphatic heterocycles. The first-order valence-corrected chi connectivity index (χ1v) is 11.9. The summed E-state index contributed by atoms with van der Waals surface area (Å²) >= 11 is 0. The number of Topliss-reactive ketones (excluding diaryl/α,β-unsaturated/α-hetero) is 1. The highest BCUT2D eigenvalue weighted by molar-refractivity contribution is 7.89. The van der Waals surface area contributed by atoms with Crippen LogP contribution < -0.4 is 4.72 Å². The summed E-state index contributed by atoms with van der Waals surface area (Å²) in [6.07, 6.45) is -4.42. The number of hydrogen-bond donors (Lipinski definition) is 1. The van der Waals surface area contributed by atoms with Crippen molar-refractivity contribution in [3.63, 3.8) is 0 Å². The molecule has 0 saturated carbocycles. The number of rotatable bonds is 5. The Hall–Kier alpha value is -2.92. The lowest BCUT2D eigenvalue weighted by atomic mass is 9.72. The van der Waals surface area contributed by atoms with E-state index in [0.717, 1.165) is 17.0 Å². The predicted molar refractivity (Wildman–Crippen MR) is 115 cm³/mol. The minimum absolute atomic E-state index is 0.0232. The van der Waals surface area contributed by atoms with Gasteiger partial charge in [-0.3, -0.25) is 9.59 Å². The van der Waals surface area contributed by atoms with Crippen molar-refractivity contribution < 1.29 is 35.6 Å². The number of sulfonamides is 1. The summed E-state index contributed by atoms with van der Waals surface area (Å²) in [6.45, 7) is 4.72. The number of halogens is 3. The molecule has 0 unspecified atom stereocenters. The van der Waals surface area contributed by atoms with Crippen molar-refractivity contribution in [1.82, 2.24) is 9.62 Å². The molecular weight excluding hydrogens is 473 g/mol. The van der Waals surface area contributed by atoms with Gasteiger partial charge >= 0.3 is 6.18 Å². The predicted octanol–water partition coefficient (Wildman–Crippen LogP) is 3.85. The van der Waals surface area contributed by atoms with Crippen molar-refractivity contribution in [2.24, 2.45) is 5.41 Å². The van der Waals surface area contributed by atoms with Crippen LogP contribution in [-0.4, -0.2) is 36.7 Å². The molecule has 0 radical (unpaired) electrons. The maximum absolute atomic E-state index is 14.8. The molecule has 1 amide bonds. The SMILES string of the molecule is Cc1ccc(S(=O)(=O)N[C@@]2(C(F)(F)F)C(=O)N(Cc3ccco3)C3=C2C(=O)CC(C)(C)C3)cc1. The first-order valence-electron chi connectivity index (χ1n) is 10.5. The highest BCUT2D eigenvalue weighted by Gasteiger charge is 2.72. The van der Waals surface area contributed by atoms with Crippen molar-refractivity contribution in [1.29, 1.82) is 0 Å². The summed E-state index contributed by atoms with van der Waals surface area (Å²) in [5.41, 5.74) is -4.79. The summed E-state index contributed by atoms with van der Waals surface area (Å²) in [7, 11) is -4.85. The fourth-order valence-electron chi connectivity index (χ4n) is 4.50. The Morgan fingerprint density at radius 2 is 1.74 bits per heavy atom. The maximum Gasteiger partial charge on any atom is 0.421 e. The molecule has 0 spiro atoms. The van der Waals surface area contributed by atoms with E-state index >= 15 is 0 Å². The number of furan rings is 1. The monoisotopic (exact) mass is 496 g/mol. The second-order valence-electron chi connectivity index (χ2n) is 9.40. The van der Waals surface area contributed by atoms with Crippen LogP contribution in [0.15, 0.2) is 63.2 Å². The average molecular weight is 497 g/mol. The Bertz CT molecular complexity index is 1280. The number of hydrogen-bond acceptors (Lipinski definition) is 5. The fourth-order valence-corrected chi connectivity index (χ4v) is 5.82. The molecule has 2 aromatic rings. The third-order valence-electron chi connectivity index (χ3n) is 6.06. The lowest BCUT2D eigenvalue weighted by Crippen LogP contribution is -2.66. The molecule has 1 atom stereocenters. The highest BCUT2D eigenvalue weighted by Crippen LogP contribution is 2.52. The zero-order chi connectivity index (χ0) is 25.1. The molecule has 182 valence electrons. The Balaban J connectivity index is 1.92. The lowest BCUT2D eigenvalue weighted by Gasteiger charge is -2.35. The van der Waals surface area contributed by atoms with Gasteiger partial charge in [-0.1, -0.05) is 31.5 Å². The van der Waals surface area contributed by atoms with E-state index in [4.69, 9.17) is 4.42 Å². The topological polar surface area (TPSA) is 96.7 Å². The van der Waals surface area contributed by atoms with Crippen LogP contribution in [0.25, 0.3) is 0 Å². The molecule has 1 aromatic carbocycles. The molecular formula is C23H23F3N2O5S. The molecule has 0 bridgehead atoms. The van der Waals surface area contributed by atoms with Gasteiger partial charge in [-0.25, -0.2) is 8.42 Å². The Labute approximate surface area is 194 Å². The van der Waals surface area contributed by atoms with Crippen molar-refractivity contribution >= 4 is 21.7 Å². The number of aryl methyl sites for hydroxylation is 1. The standard InChI is InChI=1S/C23H23F3N2O5S/c1-14-6-8-16(9-7-14)34(31,32)27-22(23(24,25)26)19-17(11-21(2,3)12-18(19)29)28(20(22)30)13-15-5-4-10-33-15/h4-10,27H,11-13H2,1-3H3/t22-/m1/s1. The minimum atomic E-state index is -5.43. The van der Waals surface area contributed by atoms with Crippen molar-refractivity contribution in [3.05, 3.63) is 65.3 Å². The molecule has 1 aromatic heterocycles. The largest absolute Gasteiger partial charge is 0.467 e. The van der Waals surface area contributed by atoms with Gasteiger partial charge in [0.1, 0.15) is 5.76 Å². The molecule has 2 heterocycles. The number of carbonyl (C=O) groups excluding carboxylic acids is 2. The summed E-state index contributed by atoms with van der Waals surface area (Å²) in [4.78, 5) is 27.0. The molecule has 34 heavy (non-hydrogen) atoms.